The first-order valence-corrected chi connectivity index (χ1v) is 9.45. The maximum absolute atomic E-state index is 12.7. The van der Waals surface area contributed by atoms with E-state index in [0.717, 1.165) is 0 Å². The van der Waals surface area contributed by atoms with Crippen LogP contribution in [0.3, 0.4) is 0 Å². The van der Waals surface area contributed by atoms with Crippen LogP contribution in [0.1, 0.15) is 54.4 Å². The number of likely N-dealkylation sites (N-methyl/N-ethyl adjacent to an activating group) is 1. The third kappa shape index (κ3) is 10.1. The third-order valence-electron chi connectivity index (χ3n) is 3.91. The molecule has 0 aromatic carbocycles. The maximum Gasteiger partial charge on any atom is 0.245 e. The van der Waals surface area contributed by atoms with Gasteiger partial charge in [-0.15, -0.1) is 0 Å². The predicted molar refractivity (Wildman–Crippen MR) is 105 cm³/mol. The van der Waals surface area contributed by atoms with Crippen molar-refractivity contribution in [3.8, 4) is 0 Å². The summed E-state index contributed by atoms with van der Waals surface area (Å²) in [6.45, 7) is 11.0. The van der Waals surface area contributed by atoms with E-state index in [4.69, 9.17) is 0 Å². The van der Waals surface area contributed by atoms with Crippen LogP contribution in [0.5, 0.6) is 0 Å². The van der Waals surface area contributed by atoms with E-state index in [1.165, 1.54) is 0 Å². The van der Waals surface area contributed by atoms with Crippen LogP contribution in [-0.2, 0) is 19.2 Å². The van der Waals surface area contributed by atoms with E-state index in [0.29, 0.717) is 19.1 Å². The molecule has 0 rings (SSSR count). The Balaban J connectivity index is 5.06. The van der Waals surface area contributed by atoms with Crippen LogP contribution in [0.25, 0.3) is 0 Å². The van der Waals surface area contributed by atoms with Crippen molar-refractivity contribution in [2.75, 3.05) is 13.6 Å². The summed E-state index contributed by atoms with van der Waals surface area (Å²) in [6.07, 6.45) is 1.67. The summed E-state index contributed by atoms with van der Waals surface area (Å²) in [6, 6.07) is -1.34. The van der Waals surface area contributed by atoms with Crippen molar-refractivity contribution < 1.29 is 19.2 Å². The summed E-state index contributed by atoms with van der Waals surface area (Å²) < 4.78 is 0. The zero-order chi connectivity index (χ0) is 21.2. The Bertz CT molecular complexity index is 518. The summed E-state index contributed by atoms with van der Waals surface area (Å²) in [5, 5.41) is 10.8. The van der Waals surface area contributed by atoms with Gasteiger partial charge in [-0.2, -0.15) is 0 Å². The zero-order valence-corrected chi connectivity index (χ0v) is 17.6. The number of nitrogens with one attached hydrogen (secondary N) is 4. The van der Waals surface area contributed by atoms with Gasteiger partial charge < -0.3 is 26.1 Å². The minimum atomic E-state index is -1.22. The van der Waals surface area contributed by atoms with Crippen molar-refractivity contribution in [2.24, 2.45) is 11.8 Å². The lowest BCUT2D eigenvalue weighted by atomic mass is 9.98. The summed E-state index contributed by atoms with van der Waals surface area (Å²) in [4.78, 5) is 48.3. The highest BCUT2D eigenvalue weighted by Crippen LogP contribution is 2.10. The van der Waals surface area contributed by atoms with Crippen LogP contribution in [-0.4, -0.2) is 55.2 Å². The largest absolute Gasteiger partial charge is 0.345 e. The Morgan fingerprint density at radius 2 is 1.52 bits per heavy atom. The second kappa shape index (κ2) is 11.7. The molecule has 156 valence electrons. The molecule has 0 radical (unpaired) electrons. The van der Waals surface area contributed by atoms with E-state index in [9.17, 15) is 19.2 Å². The number of rotatable bonds is 12. The van der Waals surface area contributed by atoms with Gasteiger partial charge in [-0.05, 0) is 45.6 Å². The Hall–Kier alpha value is -1.96. The second-order valence-corrected chi connectivity index (χ2v) is 8.24. The van der Waals surface area contributed by atoms with Gasteiger partial charge in [0.25, 0.3) is 0 Å². The van der Waals surface area contributed by atoms with Crippen LogP contribution < -0.4 is 21.3 Å². The first kappa shape index (κ1) is 25.0. The number of carbonyl (C=O) groups is 4. The fraction of sp³-hybridized carbons (Fsp3) is 0.789. The van der Waals surface area contributed by atoms with E-state index in [1.54, 1.807) is 20.9 Å². The Morgan fingerprint density at radius 1 is 0.963 bits per heavy atom. The van der Waals surface area contributed by atoms with Gasteiger partial charge in [0.2, 0.25) is 17.7 Å². The lowest BCUT2D eigenvalue weighted by Crippen LogP contribution is -2.61. The Kier molecular flexibility index (Phi) is 10.8. The minimum Gasteiger partial charge on any atom is -0.345 e. The fourth-order valence-electron chi connectivity index (χ4n) is 2.57. The Morgan fingerprint density at radius 3 is 1.96 bits per heavy atom. The number of aldehydes is 1. The van der Waals surface area contributed by atoms with Crippen LogP contribution >= 0.6 is 0 Å². The molecule has 0 aliphatic heterocycles. The quantitative estimate of drug-likeness (QED) is 0.363. The molecule has 0 fully saturated rings. The van der Waals surface area contributed by atoms with E-state index in [2.05, 4.69) is 21.3 Å². The topological polar surface area (TPSA) is 116 Å². The highest BCUT2D eigenvalue weighted by Gasteiger charge is 2.34. The number of amides is 3. The second-order valence-electron chi connectivity index (χ2n) is 8.24. The third-order valence-corrected chi connectivity index (χ3v) is 3.91. The number of hydrogen-bond acceptors (Lipinski definition) is 5. The summed E-state index contributed by atoms with van der Waals surface area (Å²) >= 11 is 0. The maximum atomic E-state index is 12.7. The van der Waals surface area contributed by atoms with E-state index in [1.807, 2.05) is 27.7 Å². The molecular weight excluding hydrogens is 348 g/mol. The SMILES string of the molecule is CNCC(=O)NC(CC(C)C)C(=O)NC(C)(C)C(=O)NC(C=O)CC(C)C. The normalized spacial score (nSPS) is 13.8. The molecule has 0 heterocycles. The van der Waals surface area contributed by atoms with Crippen LogP contribution in [0.4, 0.5) is 0 Å². The van der Waals surface area contributed by atoms with Gasteiger partial charge in [0.15, 0.2) is 0 Å². The summed E-state index contributed by atoms with van der Waals surface area (Å²) in [7, 11) is 1.64. The van der Waals surface area contributed by atoms with Crippen molar-refractivity contribution in [3.05, 3.63) is 0 Å². The van der Waals surface area contributed by atoms with Crippen molar-refractivity contribution in [1.29, 1.82) is 0 Å². The van der Waals surface area contributed by atoms with Crippen molar-refractivity contribution in [1.82, 2.24) is 21.3 Å². The lowest BCUT2D eigenvalue weighted by molar-refractivity contribution is -0.135. The van der Waals surface area contributed by atoms with Crippen molar-refractivity contribution in [2.45, 2.75) is 72.0 Å². The molecule has 0 saturated carbocycles. The molecule has 4 N–H and O–H groups in total. The van der Waals surface area contributed by atoms with Gasteiger partial charge in [0.05, 0.1) is 12.6 Å². The standard InChI is InChI=1S/C19H36N4O4/c1-12(2)8-14(11-24)21-18(27)19(5,6)23-17(26)15(9-13(3)4)22-16(25)10-20-7/h11-15,20H,8-10H2,1-7H3,(H,21,27)(H,22,25)(H,23,26). The average Bonchev–Trinajstić information content (AvgIpc) is 2.52. The van der Waals surface area contributed by atoms with Gasteiger partial charge in [0.1, 0.15) is 17.9 Å². The lowest BCUT2D eigenvalue weighted by Gasteiger charge is -2.30. The highest BCUT2D eigenvalue weighted by molar-refractivity contribution is 5.95. The Labute approximate surface area is 162 Å². The summed E-state index contributed by atoms with van der Waals surface area (Å²) in [5.74, 6) is -0.745. The number of carbonyl (C=O) groups excluding carboxylic acids is 4. The van der Waals surface area contributed by atoms with Gasteiger partial charge in [-0.25, -0.2) is 0 Å². The molecule has 0 saturated heterocycles. The van der Waals surface area contributed by atoms with Crippen LogP contribution in [0.2, 0.25) is 0 Å². The highest BCUT2D eigenvalue weighted by atomic mass is 16.2. The zero-order valence-electron chi connectivity index (χ0n) is 17.6. The molecule has 8 nitrogen and oxygen atoms in total. The first-order chi connectivity index (χ1) is 12.4. The van der Waals surface area contributed by atoms with Crippen LogP contribution in [0, 0.1) is 11.8 Å². The molecule has 2 unspecified atom stereocenters. The molecule has 2 atom stereocenters. The molecule has 0 aromatic heterocycles. The van der Waals surface area contributed by atoms with Gasteiger partial charge >= 0.3 is 0 Å². The van der Waals surface area contributed by atoms with Crippen molar-refractivity contribution >= 4 is 24.0 Å². The average molecular weight is 385 g/mol. The molecule has 0 aliphatic carbocycles. The molecule has 0 spiro atoms. The molecule has 0 aliphatic rings. The smallest absolute Gasteiger partial charge is 0.245 e. The van der Waals surface area contributed by atoms with Crippen LogP contribution in [0.15, 0.2) is 0 Å². The minimum absolute atomic E-state index is 0.0992. The van der Waals surface area contributed by atoms with E-state index < -0.39 is 29.4 Å². The molecule has 0 aromatic rings. The van der Waals surface area contributed by atoms with Gasteiger partial charge in [0, 0.05) is 0 Å². The summed E-state index contributed by atoms with van der Waals surface area (Å²) in [5.41, 5.74) is -1.22. The molecule has 0 bridgehead atoms. The van der Waals surface area contributed by atoms with Crippen molar-refractivity contribution in [3.63, 3.8) is 0 Å². The molecule has 8 heteroatoms. The van der Waals surface area contributed by atoms with E-state index in [-0.39, 0.29) is 24.3 Å². The predicted octanol–water partition coefficient (Wildman–Crippen LogP) is 0.361. The molecule has 27 heavy (non-hydrogen) atoms. The van der Waals surface area contributed by atoms with Gasteiger partial charge in [-0.1, -0.05) is 27.7 Å². The fourth-order valence-corrected chi connectivity index (χ4v) is 2.57. The molecule has 3 amide bonds. The monoisotopic (exact) mass is 384 g/mol. The molecular formula is C19H36N4O4. The first-order valence-electron chi connectivity index (χ1n) is 9.45. The number of hydrogen-bond donors (Lipinski definition) is 4. The van der Waals surface area contributed by atoms with E-state index >= 15 is 0 Å². The van der Waals surface area contributed by atoms with Gasteiger partial charge in [-0.3, -0.25) is 14.4 Å².